The second-order valence-electron chi connectivity index (χ2n) is 5.62. The predicted molar refractivity (Wildman–Crippen MR) is 77.9 cm³/mol. The summed E-state index contributed by atoms with van der Waals surface area (Å²) in [6.07, 6.45) is 1.18. The summed E-state index contributed by atoms with van der Waals surface area (Å²) in [5.74, 6) is -1.01. The van der Waals surface area contributed by atoms with E-state index in [-0.39, 0.29) is 17.7 Å². The maximum atomic E-state index is 12.2. The zero-order valence-electron chi connectivity index (χ0n) is 13.3. The molecule has 6 nitrogen and oxygen atoms in total. The Morgan fingerprint density at radius 2 is 1.95 bits per heavy atom. The maximum Gasteiger partial charge on any atom is 0.326 e. The topological polar surface area (TPSA) is 92.4 Å². The number of aliphatic carboxylic acids is 1. The van der Waals surface area contributed by atoms with Crippen molar-refractivity contribution in [1.82, 2.24) is 10.5 Å². The molecule has 1 aromatic rings. The fourth-order valence-corrected chi connectivity index (χ4v) is 2.17. The highest BCUT2D eigenvalue weighted by Gasteiger charge is 2.28. The number of aryl methyl sites for hydroxylation is 2. The highest BCUT2D eigenvalue weighted by Crippen LogP contribution is 2.18. The Balaban J connectivity index is 2.72. The van der Waals surface area contributed by atoms with E-state index in [1.54, 1.807) is 13.8 Å². The average molecular weight is 296 g/mol. The van der Waals surface area contributed by atoms with E-state index in [1.165, 1.54) is 0 Å². The van der Waals surface area contributed by atoms with Crippen LogP contribution >= 0.6 is 0 Å². The fourth-order valence-electron chi connectivity index (χ4n) is 2.17. The lowest BCUT2D eigenvalue weighted by Gasteiger charge is -2.22. The van der Waals surface area contributed by atoms with Crippen LogP contribution in [0.4, 0.5) is 0 Å². The van der Waals surface area contributed by atoms with Gasteiger partial charge in [-0.15, -0.1) is 0 Å². The third kappa shape index (κ3) is 4.31. The summed E-state index contributed by atoms with van der Waals surface area (Å²) in [4.78, 5) is 23.4. The van der Waals surface area contributed by atoms with Crippen LogP contribution in [0.15, 0.2) is 4.52 Å². The molecule has 0 aliphatic carbocycles. The minimum absolute atomic E-state index is 0.113. The molecule has 2 N–H and O–H groups in total. The highest BCUT2D eigenvalue weighted by molar-refractivity contribution is 5.85. The Labute approximate surface area is 124 Å². The molecule has 1 rings (SSSR count). The summed E-state index contributed by atoms with van der Waals surface area (Å²) in [5, 5.41) is 15.7. The number of aromatic nitrogens is 1. The Bertz CT molecular complexity index is 490. The van der Waals surface area contributed by atoms with Gasteiger partial charge in [0.05, 0.1) is 5.69 Å². The summed E-state index contributed by atoms with van der Waals surface area (Å²) in [6, 6.07) is -0.852. The summed E-state index contributed by atoms with van der Waals surface area (Å²) in [6.45, 7) is 9.13. The number of carbonyl (C=O) groups is 2. The SMILES string of the molecule is CC[C@H](C)[C@H](NC(=O)C(C)Cc1c(C)noc1C)C(=O)O. The van der Waals surface area contributed by atoms with Crippen molar-refractivity contribution in [1.29, 1.82) is 0 Å². The molecular weight excluding hydrogens is 272 g/mol. The van der Waals surface area contributed by atoms with E-state index in [0.717, 1.165) is 11.3 Å². The number of hydrogen-bond acceptors (Lipinski definition) is 4. The van der Waals surface area contributed by atoms with E-state index in [1.807, 2.05) is 20.8 Å². The molecule has 3 atom stereocenters. The molecule has 6 heteroatoms. The van der Waals surface area contributed by atoms with Crippen LogP contribution in [-0.2, 0) is 16.0 Å². The van der Waals surface area contributed by atoms with Crippen LogP contribution in [0.1, 0.15) is 44.2 Å². The second kappa shape index (κ2) is 7.24. The molecule has 1 unspecified atom stereocenters. The molecule has 1 amide bonds. The van der Waals surface area contributed by atoms with Gasteiger partial charge in [0.15, 0.2) is 0 Å². The first-order valence-electron chi connectivity index (χ1n) is 7.22. The van der Waals surface area contributed by atoms with Crippen molar-refractivity contribution in [2.45, 2.75) is 53.5 Å². The molecule has 0 radical (unpaired) electrons. The number of hydrogen-bond donors (Lipinski definition) is 2. The second-order valence-corrected chi connectivity index (χ2v) is 5.62. The molecule has 0 saturated heterocycles. The lowest BCUT2D eigenvalue weighted by atomic mass is 9.96. The molecule has 0 saturated carbocycles. The van der Waals surface area contributed by atoms with Crippen molar-refractivity contribution in [2.24, 2.45) is 11.8 Å². The number of carboxylic acids is 1. The number of amides is 1. The summed E-state index contributed by atoms with van der Waals surface area (Å²) >= 11 is 0. The van der Waals surface area contributed by atoms with Gasteiger partial charge >= 0.3 is 5.97 Å². The standard InChI is InChI=1S/C15H24N2O4/c1-6-8(2)13(15(19)20)16-14(18)9(3)7-12-10(4)17-21-11(12)5/h8-9,13H,6-7H2,1-5H3,(H,16,18)(H,19,20)/t8-,9?,13-/m0/s1. The lowest BCUT2D eigenvalue weighted by Crippen LogP contribution is -2.47. The number of nitrogens with zero attached hydrogens (tertiary/aromatic N) is 1. The van der Waals surface area contributed by atoms with Crippen LogP contribution in [0.25, 0.3) is 0 Å². The van der Waals surface area contributed by atoms with Crippen LogP contribution in [0.2, 0.25) is 0 Å². The van der Waals surface area contributed by atoms with Crippen LogP contribution in [0.3, 0.4) is 0 Å². The van der Waals surface area contributed by atoms with Crippen molar-refractivity contribution in [3.05, 3.63) is 17.0 Å². The van der Waals surface area contributed by atoms with Crippen LogP contribution in [0.5, 0.6) is 0 Å². The van der Waals surface area contributed by atoms with Gasteiger partial charge in [0.25, 0.3) is 0 Å². The molecule has 0 spiro atoms. The molecule has 1 heterocycles. The molecule has 0 aliphatic heterocycles. The number of rotatable bonds is 7. The summed E-state index contributed by atoms with van der Waals surface area (Å²) in [7, 11) is 0. The van der Waals surface area contributed by atoms with Crippen molar-refractivity contribution < 1.29 is 19.2 Å². The Morgan fingerprint density at radius 1 is 1.33 bits per heavy atom. The zero-order chi connectivity index (χ0) is 16.2. The van der Waals surface area contributed by atoms with Gasteiger partial charge in [0.2, 0.25) is 5.91 Å². The number of carboxylic acid groups (broad SMARTS) is 1. The van der Waals surface area contributed by atoms with Gasteiger partial charge in [0, 0.05) is 11.5 Å². The van der Waals surface area contributed by atoms with E-state index >= 15 is 0 Å². The van der Waals surface area contributed by atoms with E-state index in [0.29, 0.717) is 18.6 Å². The number of nitrogens with one attached hydrogen (secondary N) is 1. The van der Waals surface area contributed by atoms with Crippen molar-refractivity contribution >= 4 is 11.9 Å². The average Bonchev–Trinajstić information content (AvgIpc) is 2.74. The van der Waals surface area contributed by atoms with Crippen LogP contribution < -0.4 is 5.32 Å². The molecule has 1 aromatic heterocycles. The summed E-state index contributed by atoms with van der Waals surface area (Å²) < 4.78 is 5.08. The minimum Gasteiger partial charge on any atom is -0.480 e. The predicted octanol–water partition coefficient (Wildman–Crippen LogP) is 2.09. The third-order valence-corrected chi connectivity index (χ3v) is 3.92. The van der Waals surface area contributed by atoms with Gasteiger partial charge in [0.1, 0.15) is 11.8 Å². The normalized spacial score (nSPS) is 15.3. The molecule has 0 aliphatic rings. The molecule has 21 heavy (non-hydrogen) atoms. The van der Waals surface area contributed by atoms with Gasteiger partial charge in [-0.3, -0.25) is 4.79 Å². The Hall–Kier alpha value is -1.85. The third-order valence-electron chi connectivity index (χ3n) is 3.92. The van der Waals surface area contributed by atoms with Crippen molar-refractivity contribution in [3.63, 3.8) is 0 Å². The van der Waals surface area contributed by atoms with Gasteiger partial charge in [-0.1, -0.05) is 32.3 Å². The smallest absolute Gasteiger partial charge is 0.326 e. The van der Waals surface area contributed by atoms with Crippen LogP contribution in [0, 0.1) is 25.7 Å². The molecule has 0 bridgehead atoms. The molecular formula is C15H24N2O4. The maximum absolute atomic E-state index is 12.2. The monoisotopic (exact) mass is 296 g/mol. The quantitative estimate of drug-likeness (QED) is 0.803. The Kier molecular flexibility index (Phi) is 5.93. The van der Waals surface area contributed by atoms with Crippen molar-refractivity contribution in [2.75, 3.05) is 0 Å². The fraction of sp³-hybridized carbons (Fsp3) is 0.667. The first-order valence-corrected chi connectivity index (χ1v) is 7.22. The number of carbonyl (C=O) groups excluding carboxylic acids is 1. The zero-order valence-corrected chi connectivity index (χ0v) is 13.3. The van der Waals surface area contributed by atoms with E-state index in [9.17, 15) is 14.7 Å². The van der Waals surface area contributed by atoms with E-state index in [4.69, 9.17) is 4.52 Å². The summed E-state index contributed by atoms with van der Waals surface area (Å²) in [5.41, 5.74) is 1.68. The lowest BCUT2D eigenvalue weighted by molar-refractivity contribution is -0.143. The first-order chi connectivity index (χ1) is 9.77. The van der Waals surface area contributed by atoms with Gasteiger partial charge in [-0.2, -0.15) is 0 Å². The van der Waals surface area contributed by atoms with E-state index in [2.05, 4.69) is 10.5 Å². The Morgan fingerprint density at radius 3 is 2.38 bits per heavy atom. The molecule has 0 aromatic carbocycles. The van der Waals surface area contributed by atoms with E-state index < -0.39 is 12.0 Å². The largest absolute Gasteiger partial charge is 0.480 e. The highest BCUT2D eigenvalue weighted by atomic mass is 16.5. The van der Waals surface area contributed by atoms with Gasteiger partial charge in [-0.05, 0) is 26.2 Å². The van der Waals surface area contributed by atoms with Crippen LogP contribution in [-0.4, -0.2) is 28.2 Å². The van der Waals surface area contributed by atoms with Gasteiger partial charge < -0.3 is 14.9 Å². The molecule has 0 fully saturated rings. The molecule has 118 valence electrons. The van der Waals surface area contributed by atoms with Gasteiger partial charge in [-0.25, -0.2) is 4.79 Å². The van der Waals surface area contributed by atoms with Crippen molar-refractivity contribution in [3.8, 4) is 0 Å². The minimum atomic E-state index is -0.998. The first kappa shape index (κ1) is 17.2.